The molecule has 0 aliphatic carbocycles. The zero-order chi connectivity index (χ0) is 20.3. The Hall–Kier alpha value is -2.45. The minimum absolute atomic E-state index is 0.105. The summed E-state index contributed by atoms with van der Waals surface area (Å²) in [6.07, 6.45) is 0.457. The Morgan fingerprint density at radius 3 is 2.64 bits per heavy atom. The van der Waals surface area contributed by atoms with Crippen molar-refractivity contribution in [2.75, 3.05) is 29.0 Å². The van der Waals surface area contributed by atoms with E-state index >= 15 is 0 Å². The summed E-state index contributed by atoms with van der Waals surface area (Å²) >= 11 is 6.02. The third-order valence-electron chi connectivity index (χ3n) is 4.18. The van der Waals surface area contributed by atoms with Crippen molar-refractivity contribution in [1.82, 2.24) is 0 Å². The molecule has 0 unspecified atom stereocenters. The van der Waals surface area contributed by atoms with E-state index in [0.29, 0.717) is 34.5 Å². The third-order valence-corrected chi connectivity index (χ3v) is 5.59. The second-order valence-electron chi connectivity index (χ2n) is 6.29. The van der Waals surface area contributed by atoms with Crippen LogP contribution in [0.4, 0.5) is 11.4 Å². The van der Waals surface area contributed by atoms with Crippen molar-refractivity contribution in [1.29, 1.82) is 0 Å². The Morgan fingerprint density at radius 2 is 2.00 bits per heavy atom. The van der Waals surface area contributed by atoms with Crippen LogP contribution >= 0.6 is 11.6 Å². The summed E-state index contributed by atoms with van der Waals surface area (Å²) in [4.78, 5) is 12.7. The van der Waals surface area contributed by atoms with Gasteiger partial charge in [-0.3, -0.25) is 9.10 Å². The molecule has 2 aromatic rings. The Morgan fingerprint density at radius 1 is 1.29 bits per heavy atom. The highest BCUT2D eigenvalue weighted by molar-refractivity contribution is 7.92. The molecule has 1 heterocycles. The average Bonchev–Trinajstić information content (AvgIpc) is 2.82. The largest absolute Gasteiger partial charge is 0.494 e. The second-order valence-corrected chi connectivity index (χ2v) is 8.63. The number of amides is 1. The Labute approximate surface area is 169 Å². The van der Waals surface area contributed by atoms with Crippen molar-refractivity contribution >= 4 is 38.9 Å². The molecule has 3 rings (SSSR count). The first kappa shape index (κ1) is 20.3. The van der Waals surface area contributed by atoms with E-state index in [1.807, 2.05) is 6.92 Å². The lowest BCUT2D eigenvalue weighted by Gasteiger charge is -2.21. The van der Waals surface area contributed by atoms with Gasteiger partial charge in [0, 0.05) is 23.7 Å². The van der Waals surface area contributed by atoms with E-state index in [9.17, 15) is 13.2 Å². The van der Waals surface area contributed by atoms with E-state index in [1.165, 1.54) is 10.4 Å². The van der Waals surface area contributed by atoms with Crippen LogP contribution in [-0.4, -0.2) is 39.8 Å². The fourth-order valence-corrected chi connectivity index (χ4v) is 4.01. The maximum Gasteiger partial charge on any atom is 0.265 e. The highest BCUT2D eigenvalue weighted by atomic mass is 35.5. The van der Waals surface area contributed by atoms with E-state index in [1.54, 1.807) is 36.4 Å². The molecule has 0 saturated heterocycles. The van der Waals surface area contributed by atoms with Crippen LogP contribution in [0.15, 0.2) is 42.5 Å². The molecule has 0 aromatic heterocycles. The van der Waals surface area contributed by atoms with Gasteiger partial charge in [-0.25, -0.2) is 8.42 Å². The molecule has 1 aliphatic heterocycles. The second kappa shape index (κ2) is 8.28. The molecule has 0 spiro atoms. The summed E-state index contributed by atoms with van der Waals surface area (Å²) in [5, 5.41) is 3.17. The van der Waals surface area contributed by atoms with Gasteiger partial charge in [0.25, 0.3) is 5.91 Å². The lowest BCUT2D eigenvalue weighted by atomic mass is 10.2. The van der Waals surface area contributed by atoms with Gasteiger partial charge in [-0.05, 0) is 49.4 Å². The van der Waals surface area contributed by atoms with Crippen molar-refractivity contribution < 1.29 is 22.7 Å². The lowest BCUT2D eigenvalue weighted by Crippen LogP contribution is -2.35. The average molecular weight is 425 g/mol. The summed E-state index contributed by atoms with van der Waals surface area (Å²) in [5.74, 6) is 0.639. The van der Waals surface area contributed by atoms with Gasteiger partial charge < -0.3 is 14.8 Å². The van der Waals surface area contributed by atoms with Crippen molar-refractivity contribution in [3.8, 4) is 11.5 Å². The number of ether oxygens (including phenoxy) is 2. The maximum atomic E-state index is 12.7. The van der Waals surface area contributed by atoms with E-state index in [-0.39, 0.29) is 18.9 Å². The van der Waals surface area contributed by atoms with Crippen LogP contribution < -0.4 is 19.1 Å². The zero-order valence-corrected chi connectivity index (χ0v) is 17.1. The number of carbonyl (C=O) groups excluding carboxylic acids is 1. The third kappa shape index (κ3) is 4.69. The highest BCUT2D eigenvalue weighted by Gasteiger charge is 2.31. The molecular weight excluding hydrogens is 404 g/mol. The summed E-state index contributed by atoms with van der Waals surface area (Å²) in [5.41, 5.74) is 0.920. The van der Waals surface area contributed by atoms with E-state index < -0.39 is 16.1 Å². The quantitative estimate of drug-likeness (QED) is 0.796. The fourth-order valence-electron chi connectivity index (χ4n) is 2.91. The van der Waals surface area contributed by atoms with Crippen LogP contribution in [0.1, 0.15) is 13.3 Å². The first-order valence-electron chi connectivity index (χ1n) is 8.75. The van der Waals surface area contributed by atoms with Crippen molar-refractivity contribution in [2.24, 2.45) is 0 Å². The summed E-state index contributed by atoms with van der Waals surface area (Å²) in [6, 6.07) is 11.7. The van der Waals surface area contributed by atoms with Crippen LogP contribution in [0, 0.1) is 0 Å². The van der Waals surface area contributed by atoms with Crippen molar-refractivity contribution in [3.05, 3.63) is 47.5 Å². The number of benzene rings is 2. The molecule has 150 valence electrons. The smallest absolute Gasteiger partial charge is 0.265 e. The van der Waals surface area contributed by atoms with Crippen LogP contribution in [0.5, 0.6) is 11.5 Å². The van der Waals surface area contributed by atoms with Gasteiger partial charge in [0.05, 0.1) is 18.6 Å². The molecule has 28 heavy (non-hydrogen) atoms. The SMILES string of the molecule is CCOc1ccc(NC(=O)[C@@H]2CCN(S(C)(=O)=O)c3cc(Cl)ccc3O2)cc1. The molecule has 2 aromatic carbocycles. The topological polar surface area (TPSA) is 84.9 Å². The fraction of sp³-hybridized carbons (Fsp3) is 0.316. The van der Waals surface area contributed by atoms with Crippen LogP contribution in [-0.2, 0) is 14.8 Å². The lowest BCUT2D eigenvalue weighted by molar-refractivity contribution is -0.122. The number of hydrogen-bond donors (Lipinski definition) is 1. The van der Waals surface area contributed by atoms with Gasteiger partial charge in [0.2, 0.25) is 10.0 Å². The number of fused-ring (bicyclic) bond motifs is 1. The number of nitrogens with one attached hydrogen (secondary N) is 1. The van der Waals surface area contributed by atoms with Gasteiger partial charge in [-0.2, -0.15) is 0 Å². The van der Waals surface area contributed by atoms with Crippen LogP contribution in [0.3, 0.4) is 0 Å². The first-order valence-corrected chi connectivity index (χ1v) is 11.0. The minimum Gasteiger partial charge on any atom is -0.494 e. The molecule has 7 nitrogen and oxygen atoms in total. The number of rotatable bonds is 5. The molecule has 1 atom stereocenters. The molecule has 1 aliphatic rings. The number of hydrogen-bond acceptors (Lipinski definition) is 5. The summed E-state index contributed by atoms with van der Waals surface area (Å²) in [7, 11) is -3.55. The number of halogens is 1. The molecule has 0 bridgehead atoms. The number of carbonyl (C=O) groups is 1. The van der Waals surface area contributed by atoms with Crippen LogP contribution in [0.25, 0.3) is 0 Å². The number of sulfonamides is 1. The molecule has 0 radical (unpaired) electrons. The van der Waals surface area contributed by atoms with E-state index in [2.05, 4.69) is 5.32 Å². The summed E-state index contributed by atoms with van der Waals surface area (Å²) in [6.45, 7) is 2.55. The molecular formula is C19H21ClN2O5S. The zero-order valence-electron chi connectivity index (χ0n) is 15.5. The molecule has 0 saturated carbocycles. The first-order chi connectivity index (χ1) is 13.3. The molecule has 9 heteroatoms. The Kier molecular flexibility index (Phi) is 6.00. The van der Waals surface area contributed by atoms with Gasteiger partial charge in [0.15, 0.2) is 6.10 Å². The number of anilines is 2. The van der Waals surface area contributed by atoms with E-state index in [0.717, 1.165) is 6.26 Å². The van der Waals surface area contributed by atoms with Gasteiger partial charge in [0.1, 0.15) is 11.5 Å². The normalized spacial score (nSPS) is 16.5. The van der Waals surface area contributed by atoms with Crippen molar-refractivity contribution in [3.63, 3.8) is 0 Å². The molecule has 1 amide bonds. The Balaban J connectivity index is 1.80. The summed E-state index contributed by atoms with van der Waals surface area (Å²) < 4.78 is 36.8. The predicted molar refractivity (Wildman–Crippen MR) is 109 cm³/mol. The van der Waals surface area contributed by atoms with Gasteiger partial charge in [-0.1, -0.05) is 11.6 Å². The monoisotopic (exact) mass is 424 g/mol. The molecule has 1 N–H and O–H groups in total. The Bertz CT molecular complexity index is 963. The number of nitrogens with zero attached hydrogens (tertiary/aromatic N) is 1. The van der Waals surface area contributed by atoms with E-state index in [4.69, 9.17) is 21.1 Å². The minimum atomic E-state index is -3.55. The predicted octanol–water partition coefficient (Wildman–Crippen LogP) is 3.29. The van der Waals surface area contributed by atoms with Gasteiger partial charge in [-0.15, -0.1) is 0 Å². The van der Waals surface area contributed by atoms with Gasteiger partial charge >= 0.3 is 0 Å². The molecule has 0 fully saturated rings. The highest BCUT2D eigenvalue weighted by Crippen LogP contribution is 2.36. The standard InChI is InChI=1S/C19H21ClN2O5S/c1-3-26-15-7-5-14(6-8-15)21-19(23)18-10-11-22(28(2,24)25)16-12-13(20)4-9-17(16)27-18/h4-9,12,18H,3,10-11H2,1-2H3,(H,21,23)/t18-/m0/s1. The van der Waals surface area contributed by atoms with Crippen molar-refractivity contribution in [2.45, 2.75) is 19.4 Å². The van der Waals surface area contributed by atoms with Crippen LogP contribution in [0.2, 0.25) is 5.02 Å². The maximum absolute atomic E-state index is 12.7.